The number of hydrogen-bond acceptors (Lipinski definition) is 7. The molecule has 0 saturated heterocycles. The number of alkyl halides is 3. The van der Waals surface area contributed by atoms with Crippen molar-refractivity contribution in [2.24, 2.45) is 12.8 Å². The monoisotopic (exact) mass is 506 g/mol. The first-order valence-corrected chi connectivity index (χ1v) is 10.4. The molecule has 9 nitrogen and oxygen atoms in total. The van der Waals surface area contributed by atoms with Crippen LogP contribution in [0.3, 0.4) is 0 Å². The van der Waals surface area contributed by atoms with E-state index in [1.165, 1.54) is 28.8 Å². The molecule has 1 amide bonds. The molecule has 35 heavy (non-hydrogen) atoms. The molecule has 0 bridgehead atoms. The Morgan fingerprint density at radius 2 is 1.83 bits per heavy atom. The summed E-state index contributed by atoms with van der Waals surface area (Å²) >= 11 is 6.12. The van der Waals surface area contributed by atoms with Crippen LogP contribution >= 0.6 is 11.6 Å². The molecule has 13 heteroatoms. The summed E-state index contributed by atoms with van der Waals surface area (Å²) in [6.07, 6.45) is -4.57. The zero-order valence-electron chi connectivity index (χ0n) is 18.6. The lowest BCUT2D eigenvalue weighted by molar-refractivity contribution is -0.137. The molecule has 2 heterocycles. The van der Waals surface area contributed by atoms with Crippen LogP contribution in [0.25, 0.3) is 22.8 Å². The Labute approximate surface area is 201 Å². The highest BCUT2D eigenvalue weighted by molar-refractivity contribution is 6.30. The molecule has 0 radical (unpaired) electrons. The summed E-state index contributed by atoms with van der Waals surface area (Å²) in [5.41, 5.74) is 3.32. The maximum absolute atomic E-state index is 13.5. The fourth-order valence-electron chi connectivity index (χ4n) is 3.53. The lowest BCUT2D eigenvalue weighted by atomic mass is 10.1. The SMILES string of the molecule is Cn1c(-c2ccccc2C(F)(F)F)nnc1C(C)(C)Oc1ccc(Cl)cc1-c1nc(C(N)=O)no1. The number of primary amides is 1. The molecule has 0 aliphatic rings. The van der Waals surface area contributed by atoms with Gasteiger partial charge in [0.25, 0.3) is 17.6 Å². The van der Waals surface area contributed by atoms with Crippen molar-refractivity contribution < 1.29 is 27.2 Å². The standard InChI is InChI=1S/C22H18ClF3N6O3/c1-21(2,20-30-29-18(32(20)3)12-6-4-5-7-14(12)22(24,25)26)34-15-9-8-11(23)10-13(15)19-28-17(16(27)33)31-35-19/h4-10H,1-3H3,(H2,27,33). The van der Waals surface area contributed by atoms with Gasteiger partial charge < -0.3 is 19.6 Å². The summed E-state index contributed by atoms with van der Waals surface area (Å²) in [7, 11) is 1.54. The number of benzene rings is 2. The summed E-state index contributed by atoms with van der Waals surface area (Å²) in [6, 6.07) is 9.70. The van der Waals surface area contributed by atoms with Gasteiger partial charge in [0.1, 0.15) is 5.75 Å². The number of halogens is 4. The van der Waals surface area contributed by atoms with Crippen molar-refractivity contribution in [1.29, 1.82) is 0 Å². The first kappa shape index (κ1) is 24.2. The first-order valence-electron chi connectivity index (χ1n) is 10.1. The van der Waals surface area contributed by atoms with Crippen LogP contribution in [0.2, 0.25) is 5.02 Å². The van der Waals surface area contributed by atoms with Crippen molar-refractivity contribution in [3.05, 3.63) is 64.7 Å². The Balaban J connectivity index is 1.73. The topological polar surface area (TPSA) is 122 Å². The maximum atomic E-state index is 13.5. The Kier molecular flexibility index (Phi) is 6.01. The Bertz CT molecular complexity index is 1410. The third-order valence-corrected chi connectivity index (χ3v) is 5.31. The molecule has 2 aromatic heterocycles. The number of hydrogen-bond donors (Lipinski definition) is 1. The van der Waals surface area contributed by atoms with Crippen molar-refractivity contribution in [1.82, 2.24) is 24.9 Å². The highest BCUT2D eigenvalue weighted by atomic mass is 35.5. The van der Waals surface area contributed by atoms with Gasteiger partial charge in [-0.2, -0.15) is 18.2 Å². The molecule has 0 saturated carbocycles. The molecule has 0 unspecified atom stereocenters. The van der Waals surface area contributed by atoms with Gasteiger partial charge in [0.05, 0.1) is 11.1 Å². The largest absolute Gasteiger partial charge is 0.479 e. The van der Waals surface area contributed by atoms with E-state index >= 15 is 0 Å². The van der Waals surface area contributed by atoms with Gasteiger partial charge in [0.2, 0.25) is 0 Å². The third kappa shape index (κ3) is 4.69. The molecular weight excluding hydrogens is 489 g/mol. The molecule has 0 aliphatic heterocycles. The normalized spacial score (nSPS) is 12.1. The van der Waals surface area contributed by atoms with Crippen molar-refractivity contribution in [3.63, 3.8) is 0 Å². The minimum Gasteiger partial charge on any atom is -0.479 e. The number of nitrogens with zero attached hydrogens (tertiary/aromatic N) is 5. The second-order valence-corrected chi connectivity index (χ2v) is 8.43. The van der Waals surface area contributed by atoms with E-state index in [4.69, 9.17) is 26.6 Å². The molecule has 182 valence electrons. The van der Waals surface area contributed by atoms with E-state index in [1.54, 1.807) is 33.0 Å². The van der Waals surface area contributed by atoms with E-state index in [0.717, 1.165) is 6.07 Å². The lowest BCUT2D eigenvalue weighted by Gasteiger charge is -2.26. The smallest absolute Gasteiger partial charge is 0.417 e. The van der Waals surface area contributed by atoms with Crippen LogP contribution in [0.4, 0.5) is 13.2 Å². The molecule has 4 aromatic rings. The number of ether oxygens (including phenoxy) is 1. The zero-order chi connectivity index (χ0) is 25.5. The lowest BCUT2D eigenvalue weighted by Crippen LogP contribution is -2.29. The number of aromatic nitrogens is 5. The number of amides is 1. The number of carbonyl (C=O) groups is 1. The highest BCUT2D eigenvalue weighted by Crippen LogP contribution is 2.39. The molecule has 2 aromatic carbocycles. The maximum Gasteiger partial charge on any atom is 0.417 e. The molecule has 2 N–H and O–H groups in total. The number of carbonyl (C=O) groups excluding carboxylic acids is 1. The predicted octanol–water partition coefficient (Wildman–Crippen LogP) is 4.62. The fourth-order valence-corrected chi connectivity index (χ4v) is 3.70. The van der Waals surface area contributed by atoms with E-state index < -0.39 is 23.2 Å². The first-order chi connectivity index (χ1) is 16.4. The Morgan fingerprint density at radius 3 is 2.49 bits per heavy atom. The summed E-state index contributed by atoms with van der Waals surface area (Å²) in [4.78, 5) is 15.3. The third-order valence-electron chi connectivity index (χ3n) is 5.07. The van der Waals surface area contributed by atoms with E-state index in [1.807, 2.05) is 0 Å². The molecule has 0 fully saturated rings. The van der Waals surface area contributed by atoms with E-state index in [-0.39, 0.29) is 40.2 Å². The van der Waals surface area contributed by atoms with Crippen LogP contribution in [0.1, 0.15) is 35.9 Å². The van der Waals surface area contributed by atoms with Crippen LogP contribution in [0.15, 0.2) is 47.0 Å². The molecular formula is C22H18ClF3N6O3. The van der Waals surface area contributed by atoms with Gasteiger partial charge in [0.15, 0.2) is 17.2 Å². The number of rotatable bonds is 6. The summed E-state index contributed by atoms with van der Waals surface area (Å²) in [5.74, 6) is -0.774. The van der Waals surface area contributed by atoms with Gasteiger partial charge in [0, 0.05) is 17.6 Å². The summed E-state index contributed by atoms with van der Waals surface area (Å²) < 4.78 is 53.4. The minimum absolute atomic E-state index is 0.0175. The molecule has 0 spiro atoms. The minimum atomic E-state index is -4.57. The van der Waals surface area contributed by atoms with Gasteiger partial charge in [-0.3, -0.25) is 4.79 Å². The molecule has 4 rings (SSSR count). The highest BCUT2D eigenvalue weighted by Gasteiger charge is 2.36. The van der Waals surface area contributed by atoms with Crippen LogP contribution < -0.4 is 10.5 Å². The van der Waals surface area contributed by atoms with Crippen molar-refractivity contribution >= 4 is 17.5 Å². The van der Waals surface area contributed by atoms with E-state index in [2.05, 4.69) is 20.3 Å². The molecule has 0 atom stereocenters. The second kappa shape index (κ2) is 8.69. The van der Waals surface area contributed by atoms with Crippen LogP contribution in [-0.4, -0.2) is 30.8 Å². The molecule has 0 aliphatic carbocycles. The van der Waals surface area contributed by atoms with Gasteiger partial charge in [-0.05, 0) is 38.1 Å². The van der Waals surface area contributed by atoms with Crippen molar-refractivity contribution in [3.8, 4) is 28.6 Å². The van der Waals surface area contributed by atoms with Gasteiger partial charge in [-0.1, -0.05) is 35.0 Å². The summed E-state index contributed by atoms with van der Waals surface area (Å²) in [6.45, 7) is 3.33. The van der Waals surface area contributed by atoms with Crippen LogP contribution in [-0.2, 0) is 18.8 Å². The van der Waals surface area contributed by atoms with Gasteiger partial charge in [-0.25, -0.2) is 0 Å². The zero-order valence-corrected chi connectivity index (χ0v) is 19.3. The fraction of sp³-hybridized carbons (Fsp3) is 0.227. The van der Waals surface area contributed by atoms with E-state index in [9.17, 15) is 18.0 Å². The second-order valence-electron chi connectivity index (χ2n) is 7.99. The Morgan fingerprint density at radius 1 is 1.11 bits per heavy atom. The summed E-state index contributed by atoms with van der Waals surface area (Å²) in [5, 5.41) is 12.0. The van der Waals surface area contributed by atoms with Crippen molar-refractivity contribution in [2.75, 3.05) is 0 Å². The average molecular weight is 507 g/mol. The van der Waals surface area contributed by atoms with Crippen molar-refractivity contribution in [2.45, 2.75) is 25.6 Å². The van der Waals surface area contributed by atoms with Crippen LogP contribution in [0, 0.1) is 0 Å². The average Bonchev–Trinajstić information content (AvgIpc) is 3.42. The quantitative estimate of drug-likeness (QED) is 0.405. The van der Waals surface area contributed by atoms with Gasteiger partial charge >= 0.3 is 6.18 Å². The number of nitrogens with two attached hydrogens (primary N) is 1. The van der Waals surface area contributed by atoms with Gasteiger partial charge in [-0.15, -0.1) is 10.2 Å². The van der Waals surface area contributed by atoms with E-state index in [0.29, 0.717) is 5.02 Å². The van der Waals surface area contributed by atoms with Crippen LogP contribution in [0.5, 0.6) is 5.75 Å². The Hall–Kier alpha value is -3.93. The predicted molar refractivity (Wildman–Crippen MR) is 118 cm³/mol.